The summed E-state index contributed by atoms with van der Waals surface area (Å²) in [5, 5.41) is 14.5. The van der Waals surface area contributed by atoms with E-state index in [0.717, 1.165) is 20.1 Å². The Morgan fingerprint density at radius 2 is 0.694 bits per heavy atom. The van der Waals surface area contributed by atoms with Crippen molar-refractivity contribution in [1.29, 1.82) is 0 Å². The van der Waals surface area contributed by atoms with E-state index in [4.69, 9.17) is 49.9 Å². The van der Waals surface area contributed by atoms with Gasteiger partial charge in [-0.1, -0.05) is 23.2 Å². The number of aromatic amines is 5. The van der Waals surface area contributed by atoms with Crippen molar-refractivity contribution >= 4 is 173 Å². The second kappa shape index (κ2) is 44.9. The van der Waals surface area contributed by atoms with Gasteiger partial charge in [0, 0.05) is 71.7 Å². The van der Waals surface area contributed by atoms with E-state index in [1.165, 1.54) is 70.4 Å². The Morgan fingerprint density at radius 3 is 1.00 bits per heavy atom. The minimum absolute atomic E-state index is 0.00115. The van der Waals surface area contributed by atoms with Crippen molar-refractivity contribution in [3.8, 4) is 45.9 Å². The number of nitrogens with one attached hydrogen (secondary N) is 6. The number of ether oxygens (including phenoxy) is 2. The van der Waals surface area contributed by atoms with Gasteiger partial charge in [-0.25, -0.2) is 24.9 Å². The van der Waals surface area contributed by atoms with Crippen LogP contribution in [0, 0.1) is 13.7 Å². The van der Waals surface area contributed by atoms with Crippen molar-refractivity contribution < 1.29 is 67.1 Å². The molecule has 0 spiro atoms. The number of pyridine rings is 4. The quantitative estimate of drug-likeness (QED) is 0.00710. The maximum Gasteiger partial charge on any atom is 0.292 e. The number of likely N-dealkylation sites (N-methyl/N-ethyl adjacent to an activating group) is 5. The molecular weight excluding hydrogens is 2010 g/mol. The van der Waals surface area contributed by atoms with Gasteiger partial charge in [-0.3, -0.25) is 96.9 Å². The highest BCUT2D eigenvalue weighted by molar-refractivity contribution is 14.1. The van der Waals surface area contributed by atoms with Crippen LogP contribution in [0.5, 0.6) is 11.8 Å². The van der Waals surface area contributed by atoms with Crippen LogP contribution in [0.1, 0.15) is 183 Å². The number of methoxy groups -OCH3 is 2. The van der Waals surface area contributed by atoms with E-state index in [1.54, 1.807) is 82.0 Å². The number of aromatic nitrogens is 10. The van der Waals surface area contributed by atoms with Gasteiger partial charge < -0.3 is 87.1 Å². The lowest BCUT2D eigenvalue weighted by Gasteiger charge is -2.32. The summed E-state index contributed by atoms with van der Waals surface area (Å²) in [6.07, 6.45) is 6.77. The molecular formula is C98H115Cl2IN26O17. The van der Waals surface area contributed by atoms with Crippen molar-refractivity contribution in [2.24, 2.45) is 5.73 Å². The standard InChI is InChI=1S/C21H22IN5O3.C21H24N6O3.C20H20ClN5O3.C14H18N4O4.C14H20N4O2.C7H6ClNO2.CH5N/c1-10(26(3)4)11(2)27-20(28)12-8-15-16(9-13(12)21(27)29)25-18(24-15)17-14(22)6-7-23-19(17)30-5;1-10(26(4)5)11(2)27-20(29)12-8-15-16(9-13(12)21(27)30)25-18(24-15)17-14(22-3)6-7-23-19(17)28;1-9(25(3)4)10(2)26-19(28)11-7-14-15(8-12(11)20(26)29)24-17(23-14)16-13(21)5-6-22-18(16)27;1-7(16(3)4)8(2)17-13(19)9-5-11(15)12(18(21)22)6-10(9)14(17)20;1-7(17(3)4)8(2)18-13(19)9-5-11(15)12(16)6-10(9)14(18)20;1-11-7-5(4-10)6(8)2-3-9-7;1-2/h6-11H,1-5H3,(H,24,25);6-11H,1-5H3,(H,24,25)(H2,22,23,28);5-10H,1-4H3,(H,22,27)(H,23,24);5-8H,15H2,1-4H3;5-8H,15-16H2,1-4H3;2-4H,1H3;2H2,1H3. The largest absolute Gasteiger partial charge is 0.480 e. The predicted molar refractivity (Wildman–Crippen MR) is 557 cm³/mol. The molecule has 46 heteroatoms. The third-order valence-corrected chi connectivity index (χ3v) is 28.2. The lowest BCUT2D eigenvalue weighted by molar-refractivity contribution is -0.383. The molecule has 5 aliphatic heterocycles. The van der Waals surface area contributed by atoms with Crippen LogP contribution >= 0.6 is 45.8 Å². The molecule has 12 heterocycles. The van der Waals surface area contributed by atoms with Gasteiger partial charge >= 0.3 is 0 Å². The zero-order valence-corrected chi connectivity index (χ0v) is 87.5. The van der Waals surface area contributed by atoms with Crippen molar-refractivity contribution in [1.82, 2.24) is 98.8 Å². The minimum Gasteiger partial charge on any atom is -0.480 e. The van der Waals surface area contributed by atoms with Crippen LogP contribution in [0.2, 0.25) is 10.0 Å². The van der Waals surface area contributed by atoms with Gasteiger partial charge in [-0.05, 0) is 248 Å². The first-order valence-electron chi connectivity index (χ1n) is 45.2. The number of fused-ring (bicyclic) bond motifs is 8. The number of H-pyrrole nitrogens is 5. The fraction of sp³-hybridized carbons (Fsp3) is 0.347. The second-order valence-corrected chi connectivity index (χ2v) is 37.7. The molecule has 5 aliphatic rings. The number of halogens is 3. The molecule has 0 aliphatic carbocycles. The van der Waals surface area contributed by atoms with Gasteiger partial charge in [0.15, 0.2) is 6.29 Å². The highest BCUT2D eigenvalue weighted by Gasteiger charge is 2.48. The number of carbonyl (C=O) groups excluding carboxylic acids is 11. The first-order valence-corrected chi connectivity index (χ1v) is 47.0. The number of rotatable bonds is 23. The van der Waals surface area contributed by atoms with Gasteiger partial charge in [0.05, 0.1) is 176 Å². The van der Waals surface area contributed by atoms with Gasteiger partial charge in [0.25, 0.3) is 75.9 Å². The lowest BCUT2D eigenvalue weighted by atomic mass is 10.1. The molecule has 0 saturated heterocycles. The summed E-state index contributed by atoms with van der Waals surface area (Å²) in [5.41, 5.74) is 29.6. The maximum atomic E-state index is 13.1. The van der Waals surface area contributed by atoms with Crippen LogP contribution in [0.4, 0.5) is 28.4 Å². The molecule has 10 amide bonds. The minimum atomic E-state index is -0.665. The molecule has 43 nitrogen and oxygen atoms in total. The number of nitrogen functional groups attached to an aromatic ring is 3. The number of imide groups is 5. The summed E-state index contributed by atoms with van der Waals surface area (Å²) >= 11 is 14.0. The Labute approximate surface area is 851 Å². The second-order valence-electron chi connectivity index (χ2n) is 35.8. The number of hydrogen-bond donors (Lipinski definition) is 10. The molecule has 144 heavy (non-hydrogen) atoms. The number of carbonyl (C=O) groups is 11. The van der Waals surface area contributed by atoms with Crippen LogP contribution in [0.15, 0.2) is 119 Å². The number of nitro benzene ring substituents is 1. The Morgan fingerprint density at radius 1 is 0.410 bits per heavy atom. The Kier molecular flexibility index (Phi) is 34.2. The van der Waals surface area contributed by atoms with Crippen LogP contribution in [-0.4, -0.2) is 328 Å². The van der Waals surface area contributed by atoms with Crippen molar-refractivity contribution in [2.75, 3.05) is 121 Å². The summed E-state index contributed by atoms with van der Waals surface area (Å²) in [7, 11) is 25.2. The average molecular weight is 2130 g/mol. The Balaban J connectivity index is 0.000000167. The summed E-state index contributed by atoms with van der Waals surface area (Å²) in [6, 6.07) is 20.4. The fourth-order valence-corrected chi connectivity index (χ4v) is 17.7. The molecule has 760 valence electrons. The topological polar surface area (TPSA) is 575 Å². The van der Waals surface area contributed by atoms with Gasteiger partial charge in [-0.2, -0.15) is 0 Å². The normalized spacial score (nSPS) is 15.5. The molecule has 7 aromatic heterocycles. The number of aldehydes is 1. The first kappa shape index (κ1) is 110. The Hall–Kier alpha value is -14.7. The number of anilines is 4. The zero-order chi connectivity index (χ0) is 107. The number of nitrogens with two attached hydrogens (primary N) is 4. The molecule has 0 fully saturated rings. The number of hydrogen-bond acceptors (Lipinski definition) is 32. The van der Waals surface area contributed by atoms with E-state index in [9.17, 15) is 72.4 Å². The third kappa shape index (κ3) is 21.2. The summed E-state index contributed by atoms with van der Waals surface area (Å²) in [5.74, 6) is -1.54. The highest BCUT2D eigenvalue weighted by atomic mass is 127. The lowest BCUT2D eigenvalue weighted by Crippen LogP contribution is -2.48. The first-order chi connectivity index (χ1) is 67.9. The molecule has 12 aromatic rings. The predicted octanol–water partition coefficient (Wildman–Crippen LogP) is 10.6. The number of nitrogens with zero attached hydrogens (tertiary/aromatic N) is 16. The van der Waals surface area contributed by atoms with Crippen LogP contribution in [0.25, 0.3) is 67.3 Å². The van der Waals surface area contributed by atoms with E-state index >= 15 is 0 Å². The average Bonchev–Trinajstić information content (AvgIpc) is 1.59. The Bertz CT molecular complexity index is 7040. The smallest absolute Gasteiger partial charge is 0.292 e. The molecule has 0 saturated carbocycles. The van der Waals surface area contributed by atoms with Crippen molar-refractivity contribution in [3.05, 3.63) is 215 Å². The van der Waals surface area contributed by atoms with Gasteiger partial charge in [0.2, 0.25) is 11.8 Å². The number of nitro groups is 1. The molecule has 10 atom stereocenters. The van der Waals surface area contributed by atoms with Crippen molar-refractivity contribution in [3.63, 3.8) is 0 Å². The summed E-state index contributed by atoms with van der Waals surface area (Å²) in [4.78, 5) is 226. The monoisotopic (exact) mass is 2120 g/mol. The van der Waals surface area contributed by atoms with E-state index in [-0.39, 0.29) is 169 Å². The van der Waals surface area contributed by atoms with E-state index < -0.39 is 16.7 Å². The molecule has 0 bridgehead atoms. The molecule has 17 rings (SSSR count). The van der Waals surface area contributed by atoms with Crippen LogP contribution < -0.4 is 48.8 Å². The highest BCUT2D eigenvalue weighted by Crippen LogP contribution is 2.41. The molecule has 10 unspecified atom stereocenters. The SMILES string of the molecule is CC(C(C)N1C(=O)c2cc(N)c(N)cc2C1=O)N(C)C.CC(C(C)N1C(=O)c2cc(N)c([N+](=O)[O-])cc2C1=O)N(C)C.CC(C(C)N1C(=O)c2cc3nc(-c4c(Cl)cc[nH]c4=O)[nH]c3cc2C1=O)N(C)C.CN.CNc1cc[nH]c(=O)c1-c1nc2cc3c(cc2[nH]1)C(=O)N(C(C)C(C)N(C)C)C3=O.COc1nccc(Cl)c1C=O.COc1nccc(I)c1-c1nc2cc3c(cc2[nH]1)C(=O)N(C(C)C(C)N(C)C)C3=O. The zero-order valence-electron chi connectivity index (χ0n) is 83.8. The third-order valence-electron chi connectivity index (χ3n) is 26.7. The number of amides is 10. The van der Waals surface area contributed by atoms with Crippen LogP contribution in [0.3, 0.4) is 0 Å². The van der Waals surface area contributed by atoms with E-state index in [1.807, 2.05) is 163 Å². The number of imidazole rings is 3. The summed E-state index contributed by atoms with van der Waals surface area (Å²) < 4.78 is 11.1. The van der Waals surface area contributed by atoms with Gasteiger partial charge in [-0.15, -0.1) is 0 Å². The van der Waals surface area contributed by atoms with E-state index in [2.05, 4.69) is 83.5 Å². The molecule has 14 N–H and O–H groups in total. The number of benzene rings is 5. The fourth-order valence-electron chi connectivity index (χ4n) is 16.6. The van der Waals surface area contributed by atoms with E-state index in [0.29, 0.717) is 129 Å². The van der Waals surface area contributed by atoms with Crippen LogP contribution in [-0.2, 0) is 0 Å². The summed E-state index contributed by atoms with van der Waals surface area (Å²) in [6.45, 7) is 19.1. The maximum absolute atomic E-state index is 13.1. The van der Waals surface area contributed by atoms with Gasteiger partial charge in [0.1, 0.15) is 34.3 Å². The van der Waals surface area contributed by atoms with Crippen molar-refractivity contribution in [2.45, 2.75) is 130 Å². The molecule has 5 aromatic carbocycles. The molecule has 0 radical (unpaired) electrons.